The smallest absolute Gasteiger partial charge is 0.420 e. The molecule has 30 heteroatoms. The van der Waals surface area contributed by atoms with E-state index in [0.717, 1.165) is 94.5 Å². The highest BCUT2D eigenvalue weighted by Gasteiger charge is 2.55. The Hall–Kier alpha value is -12.5. The summed E-state index contributed by atoms with van der Waals surface area (Å²) in [5.74, 6) is -2.00. The van der Waals surface area contributed by atoms with Crippen molar-refractivity contribution >= 4 is 93.2 Å². The molecule has 0 spiro atoms. The third-order valence-electron chi connectivity index (χ3n) is 19.1. The standard InChI is InChI=1S/C13H12N2O3.C13H17NO.C12H12N2O2.C11H15N3O4.2C11H10N2O.C9H12N2O4/c1-7-3-4-9-10(5-7)13(17)15(12(9)16)11-6-8(2)14-18-11;1-8-5-9(2)13(10(3)6-8)12-7-11(4)14-15-12;1-8-6-11(16-13-8)14-7-9-4-2-3-5-10(9)12(14)15;1-6-5-7(18-12-6)14-9(16)11(2,3)8(15)13(4)10(14)17;1-8-7-11(14-13-8)9-5-3-4-6-10(9)12-2;1-9-7-11(8-12,14-13-9)10-5-3-2-4-6-10;1-5-4-6(15-10-5)11-7(12)9(2,3)14-8(11)13/h3-5,11H,6H2,1-2H3;5-6,12H,7H2,1-4H3;2-5,11H,6-7H2,1H3;7H,5H2,1-4H3;3-6,11H,7H2,1H3;2-6H,7H2,1H3;6H,4H2,1-3H3/t;;;;;11-;/m.....0./s1. The molecule has 574 valence electrons. The Morgan fingerprint density at radius 3 is 1.48 bits per heavy atom. The molecule has 110 heavy (non-hydrogen) atoms. The second-order valence-corrected chi connectivity index (χ2v) is 29.1. The van der Waals surface area contributed by atoms with Gasteiger partial charge >= 0.3 is 12.1 Å². The number of urea groups is 1. The summed E-state index contributed by atoms with van der Waals surface area (Å²) in [6.07, 6.45) is 1.43. The van der Waals surface area contributed by atoms with Gasteiger partial charge in [-0.15, -0.1) is 0 Å². The zero-order valence-electron chi connectivity index (χ0n) is 64.3. The predicted octanol–water partition coefficient (Wildman–Crippen LogP) is 13.6. The molecule has 2 fully saturated rings. The van der Waals surface area contributed by atoms with Gasteiger partial charge in [-0.1, -0.05) is 138 Å². The number of ether oxygens (including phenoxy) is 1. The zero-order chi connectivity index (χ0) is 79.8. The lowest BCUT2D eigenvalue weighted by atomic mass is 9.87. The molecule has 0 bridgehead atoms. The van der Waals surface area contributed by atoms with E-state index in [1.54, 1.807) is 50.8 Å². The number of nitriles is 1. The normalized spacial score (nSPS) is 23.8. The first-order valence-electron chi connectivity index (χ1n) is 35.6. The Bertz CT molecular complexity index is 4790. The SMILES string of the molecule is CC1=NOC(N2C(=O)N(C)C(=O)C(C)(C)C2=O)C1.CC1=NOC(N2C(=O)OC(C)(C)C2=O)C1.CC1=NOC(N2C(=O)c3ccc(C)cc3C2=O)C1.CC1=NOC(N2Cc3ccccc3C2=O)C1.CC1=NOC(c2c(C)cc(C)cc2C)C1.CC1=NO[C@@](C#N)(c2ccccc2)C1.[C-]#[N+]c1ccccc1C1CC(C)=NO1. The Labute approximate surface area is 637 Å². The number of hydrogen-bond donors (Lipinski definition) is 0. The van der Waals surface area contributed by atoms with Crippen LogP contribution in [0.2, 0.25) is 0 Å². The van der Waals surface area contributed by atoms with Gasteiger partial charge in [-0.2, -0.15) is 5.26 Å². The number of nitrogens with zero attached hydrogens (tertiary/aromatic N) is 14. The lowest BCUT2D eigenvalue weighted by Gasteiger charge is -2.40. The van der Waals surface area contributed by atoms with Crippen LogP contribution in [0.25, 0.3) is 4.85 Å². The van der Waals surface area contributed by atoms with Crippen molar-refractivity contribution < 1.29 is 77.0 Å². The number of amides is 9. The topological polar surface area (TPSA) is 341 Å². The average molecular weight is 1500 g/mol. The summed E-state index contributed by atoms with van der Waals surface area (Å²) in [5, 5.41) is 35.9. The van der Waals surface area contributed by atoms with E-state index < -0.39 is 59.2 Å². The van der Waals surface area contributed by atoms with Gasteiger partial charge in [0.2, 0.25) is 36.7 Å². The predicted molar refractivity (Wildman–Crippen MR) is 404 cm³/mol. The molecule has 5 aromatic carbocycles. The number of imide groups is 4. The largest absolute Gasteiger partial charge is 0.433 e. The van der Waals surface area contributed by atoms with Crippen LogP contribution in [-0.4, -0.2) is 150 Å². The molecule has 7 atom stereocenters. The Morgan fingerprint density at radius 1 is 0.482 bits per heavy atom. The van der Waals surface area contributed by atoms with Crippen molar-refractivity contribution in [1.29, 1.82) is 5.26 Å². The minimum atomic E-state index is -1.26. The third kappa shape index (κ3) is 17.4. The highest BCUT2D eigenvalue weighted by atomic mass is 16.7. The van der Waals surface area contributed by atoms with Crippen LogP contribution in [0.15, 0.2) is 145 Å². The number of benzene rings is 5. The molecule has 6 unspecified atom stereocenters. The van der Waals surface area contributed by atoms with Gasteiger partial charge in [-0.25, -0.2) is 29.1 Å². The number of aryl methyl sites for hydroxylation is 4. The minimum absolute atomic E-state index is 0.0468. The zero-order valence-corrected chi connectivity index (χ0v) is 64.3. The van der Waals surface area contributed by atoms with Gasteiger partial charge in [-0.05, 0) is 139 Å². The molecule has 11 aliphatic rings. The van der Waals surface area contributed by atoms with Crippen molar-refractivity contribution in [3.63, 3.8) is 0 Å². The maximum Gasteiger partial charge on any atom is 0.420 e. The monoisotopic (exact) mass is 1500 g/mol. The van der Waals surface area contributed by atoms with Crippen molar-refractivity contribution in [2.45, 2.75) is 204 Å². The van der Waals surface area contributed by atoms with Crippen molar-refractivity contribution in [1.82, 2.24) is 24.5 Å². The summed E-state index contributed by atoms with van der Waals surface area (Å²) in [6, 6.07) is 35.8. The summed E-state index contributed by atoms with van der Waals surface area (Å²) >= 11 is 0. The van der Waals surface area contributed by atoms with Crippen molar-refractivity contribution in [2.24, 2.45) is 41.5 Å². The number of oxime groups is 7. The van der Waals surface area contributed by atoms with Crippen LogP contribution in [0.5, 0.6) is 0 Å². The van der Waals surface area contributed by atoms with Crippen LogP contribution in [0.4, 0.5) is 15.3 Å². The summed E-state index contributed by atoms with van der Waals surface area (Å²) in [4.78, 5) is 141. The van der Waals surface area contributed by atoms with Crippen molar-refractivity contribution in [3.8, 4) is 6.07 Å². The fourth-order valence-corrected chi connectivity index (χ4v) is 13.4. The number of rotatable bonds is 7. The van der Waals surface area contributed by atoms with Crippen LogP contribution in [0, 0.1) is 51.0 Å². The lowest BCUT2D eigenvalue weighted by molar-refractivity contribution is -0.163. The van der Waals surface area contributed by atoms with Crippen molar-refractivity contribution in [3.05, 3.63) is 182 Å². The van der Waals surface area contributed by atoms with Crippen LogP contribution < -0.4 is 0 Å². The molecule has 2 saturated heterocycles. The number of carbonyl (C=O) groups is 8. The number of para-hydroxylation sites is 1. The van der Waals surface area contributed by atoms with Crippen LogP contribution in [0.1, 0.15) is 209 Å². The maximum atomic E-state index is 12.2. The molecule has 0 aliphatic carbocycles. The number of barbiturate groups is 1. The van der Waals surface area contributed by atoms with E-state index in [4.69, 9.17) is 50.4 Å². The number of hydrogen-bond acceptors (Lipinski definition) is 24. The van der Waals surface area contributed by atoms with Crippen LogP contribution >= 0.6 is 0 Å². The average Bonchev–Trinajstić information content (AvgIpc) is 1.43. The maximum absolute atomic E-state index is 12.2. The van der Waals surface area contributed by atoms with E-state index in [-0.39, 0.29) is 42.1 Å². The van der Waals surface area contributed by atoms with Gasteiger partial charge in [0.15, 0.2) is 17.4 Å². The quantitative estimate of drug-likeness (QED) is 0.0830. The second kappa shape index (κ2) is 33.3. The first-order valence-corrected chi connectivity index (χ1v) is 35.6. The van der Waals surface area contributed by atoms with Gasteiger partial charge in [0.1, 0.15) is 17.6 Å². The van der Waals surface area contributed by atoms with Gasteiger partial charge in [-0.3, -0.25) is 38.6 Å². The van der Waals surface area contributed by atoms with Gasteiger partial charge in [0, 0.05) is 74.2 Å². The second-order valence-electron chi connectivity index (χ2n) is 29.1. The number of fused-ring (bicyclic) bond motifs is 2. The van der Waals surface area contributed by atoms with E-state index in [1.807, 2.05) is 120 Å². The van der Waals surface area contributed by atoms with E-state index >= 15 is 0 Å². The third-order valence-corrected chi connectivity index (χ3v) is 19.1. The molecule has 0 saturated carbocycles. The highest BCUT2D eigenvalue weighted by Crippen LogP contribution is 2.38. The Balaban J connectivity index is 0.000000137. The van der Waals surface area contributed by atoms with E-state index in [0.29, 0.717) is 61.2 Å². The van der Waals surface area contributed by atoms with Crippen LogP contribution in [-0.2, 0) is 65.1 Å². The molecule has 0 radical (unpaired) electrons. The number of carbonyl (C=O) groups excluding carboxylic acids is 8. The molecule has 11 heterocycles. The molecule has 16 rings (SSSR count). The van der Waals surface area contributed by atoms with Gasteiger partial charge < -0.3 is 38.6 Å². The number of cyclic esters (lactones) is 1. The first-order chi connectivity index (χ1) is 52.2. The highest BCUT2D eigenvalue weighted by molar-refractivity contribution is 6.22. The summed E-state index contributed by atoms with van der Waals surface area (Å²) in [6.45, 7) is 35.1. The first kappa shape index (κ1) is 80.1. The molecule has 11 aliphatic heterocycles. The van der Waals surface area contributed by atoms with Crippen molar-refractivity contribution in [2.75, 3.05) is 7.05 Å². The Morgan fingerprint density at radius 2 is 0.982 bits per heavy atom. The molecular weight excluding hydrogens is 1410 g/mol. The fourth-order valence-electron chi connectivity index (χ4n) is 13.4. The minimum Gasteiger partial charge on any atom is -0.433 e. The van der Waals surface area contributed by atoms with Crippen LogP contribution in [0.3, 0.4) is 0 Å². The summed E-state index contributed by atoms with van der Waals surface area (Å²) < 4.78 is 4.93. The molecule has 9 amide bonds. The summed E-state index contributed by atoms with van der Waals surface area (Å²) in [7, 11) is 1.36. The van der Waals surface area contributed by atoms with E-state index in [9.17, 15) is 38.4 Å². The van der Waals surface area contributed by atoms with Gasteiger partial charge in [0.05, 0.1) is 64.2 Å². The Kier molecular flexibility index (Phi) is 24.3. The van der Waals surface area contributed by atoms with Gasteiger partial charge in [0.25, 0.3) is 29.2 Å². The van der Waals surface area contributed by atoms with E-state index in [1.165, 1.54) is 43.1 Å². The molecule has 5 aromatic rings. The van der Waals surface area contributed by atoms with E-state index in [2.05, 4.69) is 79.9 Å². The fraction of sp³-hybridized carbons (Fsp3) is 0.412. The molecule has 30 nitrogen and oxygen atoms in total. The lowest BCUT2D eigenvalue weighted by Crippen LogP contribution is -2.64. The summed E-state index contributed by atoms with van der Waals surface area (Å²) in [5.41, 5.74) is 14.2. The molecular formula is C80H88N14O16. The molecule has 0 N–H and O–H groups in total. The molecule has 0 aromatic heterocycles.